The van der Waals surface area contributed by atoms with Crippen LogP contribution >= 0.6 is 11.3 Å². The molecule has 20 heavy (non-hydrogen) atoms. The van der Waals surface area contributed by atoms with Gasteiger partial charge in [-0.2, -0.15) is 0 Å². The van der Waals surface area contributed by atoms with Crippen LogP contribution in [0.1, 0.15) is 28.8 Å². The van der Waals surface area contributed by atoms with Gasteiger partial charge in [-0.1, -0.05) is 12.1 Å². The van der Waals surface area contributed by atoms with Gasteiger partial charge in [-0.15, -0.1) is 11.3 Å². The van der Waals surface area contributed by atoms with E-state index in [1.54, 1.807) is 6.07 Å². The lowest BCUT2D eigenvalue weighted by Gasteiger charge is -2.17. The van der Waals surface area contributed by atoms with Crippen LogP contribution in [0.2, 0.25) is 0 Å². The maximum atomic E-state index is 13.3. The lowest BCUT2D eigenvalue weighted by Crippen LogP contribution is -2.28. The van der Waals surface area contributed by atoms with Crippen molar-refractivity contribution in [2.45, 2.75) is 38.6 Å². The summed E-state index contributed by atoms with van der Waals surface area (Å²) < 4.78 is 13.3. The number of rotatable bonds is 7. The first-order chi connectivity index (χ1) is 9.69. The topological polar surface area (TPSA) is 12.0 Å². The van der Waals surface area contributed by atoms with Crippen molar-refractivity contribution in [3.05, 3.63) is 57.5 Å². The van der Waals surface area contributed by atoms with Gasteiger partial charge in [0.15, 0.2) is 0 Å². The molecule has 1 aromatic heterocycles. The van der Waals surface area contributed by atoms with Crippen LogP contribution in [0.4, 0.5) is 4.39 Å². The molecule has 1 N–H and O–H groups in total. The molecule has 0 aliphatic heterocycles. The Balaban J connectivity index is 1.86. The van der Waals surface area contributed by atoms with Crippen molar-refractivity contribution in [1.29, 1.82) is 0 Å². The molecule has 0 saturated heterocycles. The molecule has 0 radical (unpaired) electrons. The number of thiophene rings is 1. The molecule has 1 heterocycles. The summed E-state index contributed by atoms with van der Waals surface area (Å²) >= 11 is 1.82. The molecular formula is C17H22FNS. The van der Waals surface area contributed by atoms with E-state index < -0.39 is 0 Å². The van der Waals surface area contributed by atoms with E-state index in [1.807, 2.05) is 31.4 Å². The second-order valence-electron chi connectivity index (χ2n) is 5.23. The number of hydrogen-bond acceptors (Lipinski definition) is 2. The van der Waals surface area contributed by atoms with Crippen LogP contribution in [-0.2, 0) is 12.8 Å². The molecule has 0 aliphatic carbocycles. The average molecular weight is 291 g/mol. The first kappa shape index (κ1) is 15.2. The van der Waals surface area contributed by atoms with E-state index in [0.29, 0.717) is 6.04 Å². The van der Waals surface area contributed by atoms with E-state index in [-0.39, 0.29) is 5.82 Å². The normalized spacial score (nSPS) is 12.6. The van der Waals surface area contributed by atoms with Crippen molar-refractivity contribution in [1.82, 2.24) is 5.32 Å². The third-order valence-electron chi connectivity index (χ3n) is 3.74. The summed E-state index contributed by atoms with van der Waals surface area (Å²) in [5.41, 5.74) is 2.28. The number of nitrogens with one attached hydrogen (secondary N) is 1. The molecule has 0 bridgehead atoms. The summed E-state index contributed by atoms with van der Waals surface area (Å²) in [6, 6.07) is 9.77. The molecule has 2 aromatic rings. The van der Waals surface area contributed by atoms with Gasteiger partial charge in [-0.25, -0.2) is 4.39 Å². The van der Waals surface area contributed by atoms with Crippen LogP contribution in [0, 0.1) is 12.7 Å². The monoisotopic (exact) mass is 291 g/mol. The Morgan fingerprint density at radius 3 is 2.85 bits per heavy atom. The van der Waals surface area contributed by atoms with Crippen LogP contribution in [0.3, 0.4) is 0 Å². The minimum Gasteiger partial charge on any atom is -0.317 e. The Morgan fingerprint density at radius 2 is 2.15 bits per heavy atom. The molecule has 2 rings (SSSR count). The summed E-state index contributed by atoms with van der Waals surface area (Å²) in [6.07, 6.45) is 4.31. The standard InChI is InChI=1S/C17H22FNS/c1-13-8-9-15(18)11-14(13)12-16(19-2)5-3-6-17-7-4-10-20-17/h4,7-11,16,19H,3,5-6,12H2,1-2H3. The van der Waals surface area contributed by atoms with E-state index in [4.69, 9.17) is 0 Å². The molecule has 1 unspecified atom stereocenters. The Morgan fingerprint density at radius 1 is 1.30 bits per heavy atom. The van der Waals surface area contributed by atoms with Crippen LogP contribution in [0.5, 0.6) is 0 Å². The summed E-state index contributed by atoms with van der Waals surface area (Å²) in [7, 11) is 1.99. The minimum absolute atomic E-state index is 0.140. The largest absolute Gasteiger partial charge is 0.317 e. The lowest BCUT2D eigenvalue weighted by atomic mass is 9.97. The average Bonchev–Trinajstić information content (AvgIpc) is 2.94. The van der Waals surface area contributed by atoms with E-state index in [9.17, 15) is 4.39 Å². The predicted octanol–water partition coefficient (Wildman–Crippen LogP) is 4.35. The van der Waals surface area contributed by atoms with Gasteiger partial charge < -0.3 is 5.32 Å². The first-order valence-corrected chi connectivity index (χ1v) is 8.01. The molecule has 0 saturated carbocycles. The Hall–Kier alpha value is -1.19. The highest BCUT2D eigenvalue weighted by molar-refractivity contribution is 7.09. The fraction of sp³-hybridized carbons (Fsp3) is 0.412. The smallest absolute Gasteiger partial charge is 0.123 e. The molecule has 3 heteroatoms. The van der Waals surface area contributed by atoms with E-state index in [2.05, 4.69) is 22.8 Å². The van der Waals surface area contributed by atoms with Crippen LogP contribution < -0.4 is 5.32 Å². The van der Waals surface area contributed by atoms with Gasteiger partial charge in [0, 0.05) is 10.9 Å². The van der Waals surface area contributed by atoms with Crippen molar-refractivity contribution in [3.63, 3.8) is 0 Å². The molecule has 1 aromatic carbocycles. The van der Waals surface area contributed by atoms with Crippen molar-refractivity contribution in [2.24, 2.45) is 0 Å². The van der Waals surface area contributed by atoms with Gasteiger partial charge in [0.1, 0.15) is 5.82 Å². The zero-order valence-electron chi connectivity index (χ0n) is 12.2. The first-order valence-electron chi connectivity index (χ1n) is 7.13. The number of halogens is 1. The molecule has 0 aliphatic rings. The van der Waals surface area contributed by atoms with Crippen LogP contribution in [-0.4, -0.2) is 13.1 Å². The number of likely N-dealkylation sites (N-methyl/N-ethyl adjacent to an activating group) is 1. The third-order valence-corrected chi connectivity index (χ3v) is 4.68. The summed E-state index contributed by atoms with van der Waals surface area (Å²) in [6.45, 7) is 2.05. The molecular weight excluding hydrogens is 269 g/mol. The third kappa shape index (κ3) is 4.43. The fourth-order valence-corrected chi connectivity index (χ4v) is 3.20. The summed E-state index contributed by atoms with van der Waals surface area (Å²) in [5, 5.41) is 5.48. The van der Waals surface area contributed by atoms with Crippen LogP contribution in [0.25, 0.3) is 0 Å². The maximum Gasteiger partial charge on any atom is 0.123 e. The highest BCUT2D eigenvalue weighted by atomic mass is 32.1. The highest BCUT2D eigenvalue weighted by Crippen LogP contribution is 2.17. The Labute approximate surface area is 124 Å². The Kier molecular flexibility index (Phi) is 5.74. The number of benzene rings is 1. The van der Waals surface area contributed by atoms with Crippen molar-refractivity contribution in [2.75, 3.05) is 7.05 Å². The van der Waals surface area contributed by atoms with Gasteiger partial charge in [0.2, 0.25) is 0 Å². The van der Waals surface area contributed by atoms with Gasteiger partial charge in [0.25, 0.3) is 0 Å². The maximum absolute atomic E-state index is 13.3. The van der Waals surface area contributed by atoms with E-state index >= 15 is 0 Å². The van der Waals surface area contributed by atoms with Gasteiger partial charge in [-0.3, -0.25) is 0 Å². The van der Waals surface area contributed by atoms with Crippen molar-refractivity contribution >= 4 is 11.3 Å². The van der Waals surface area contributed by atoms with E-state index in [0.717, 1.165) is 24.8 Å². The SMILES string of the molecule is CNC(CCCc1cccs1)Cc1cc(F)ccc1C. The summed E-state index contributed by atoms with van der Waals surface area (Å²) in [5.74, 6) is -0.140. The molecule has 1 nitrogen and oxygen atoms in total. The van der Waals surface area contributed by atoms with Crippen LogP contribution in [0.15, 0.2) is 35.7 Å². The quantitative estimate of drug-likeness (QED) is 0.799. The van der Waals surface area contributed by atoms with Gasteiger partial charge in [-0.05, 0) is 74.4 Å². The van der Waals surface area contributed by atoms with Gasteiger partial charge in [0.05, 0.1) is 0 Å². The second kappa shape index (κ2) is 7.55. The lowest BCUT2D eigenvalue weighted by molar-refractivity contribution is 0.500. The predicted molar refractivity (Wildman–Crippen MR) is 84.9 cm³/mol. The molecule has 0 fully saturated rings. The van der Waals surface area contributed by atoms with E-state index in [1.165, 1.54) is 22.9 Å². The molecule has 0 spiro atoms. The fourth-order valence-electron chi connectivity index (χ4n) is 2.45. The summed E-state index contributed by atoms with van der Waals surface area (Å²) in [4.78, 5) is 1.45. The zero-order valence-corrected chi connectivity index (χ0v) is 13.0. The van der Waals surface area contributed by atoms with Gasteiger partial charge >= 0.3 is 0 Å². The van der Waals surface area contributed by atoms with Crippen molar-refractivity contribution in [3.8, 4) is 0 Å². The second-order valence-corrected chi connectivity index (χ2v) is 6.26. The molecule has 0 amide bonds. The van der Waals surface area contributed by atoms with Crippen molar-refractivity contribution < 1.29 is 4.39 Å². The number of aryl methyl sites for hydroxylation is 2. The minimum atomic E-state index is -0.140. The molecule has 1 atom stereocenters. The zero-order chi connectivity index (χ0) is 14.4. The Bertz CT molecular complexity index is 522. The number of hydrogen-bond donors (Lipinski definition) is 1. The highest BCUT2D eigenvalue weighted by Gasteiger charge is 2.10. The molecule has 108 valence electrons.